The highest BCUT2D eigenvalue weighted by Crippen LogP contribution is 2.26. The highest BCUT2D eigenvalue weighted by atomic mass is 32.2. The Kier molecular flexibility index (Phi) is 6.99. The summed E-state index contributed by atoms with van der Waals surface area (Å²) in [5.41, 5.74) is 3.41. The Bertz CT molecular complexity index is 1190. The minimum atomic E-state index is -3.37. The lowest BCUT2D eigenvalue weighted by molar-refractivity contribution is 0.101. The maximum Gasteiger partial charge on any atom is 0.229 e. The topological polar surface area (TPSA) is 121 Å². The summed E-state index contributed by atoms with van der Waals surface area (Å²) >= 11 is 0. The number of fused-ring (bicyclic) bond motifs is 1. The number of aromatic amines is 1. The molecule has 0 spiro atoms. The Morgan fingerprint density at radius 1 is 1.23 bits per heavy atom. The third-order valence-corrected chi connectivity index (χ3v) is 5.38. The van der Waals surface area contributed by atoms with Gasteiger partial charge in [0.25, 0.3) is 0 Å². The van der Waals surface area contributed by atoms with E-state index in [1.54, 1.807) is 31.2 Å². The van der Waals surface area contributed by atoms with Crippen molar-refractivity contribution in [3.05, 3.63) is 59.3 Å². The number of carbonyl (C=O) groups excluding carboxylic acids is 1. The molecule has 9 heteroatoms. The molecule has 3 aromatic rings. The summed E-state index contributed by atoms with van der Waals surface area (Å²) in [6, 6.07) is 12.2. The first-order valence-corrected chi connectivity index (χ1v) is 11.8. The fraction of sp³-hybridized carbons (Fsp3) is 0.318. The number of nitrogens with one attached hydrogen (secondary N) is 3. The van der Waals surface area contributed by atoms with E-state index in [4.69, 9.17) is 4.74 Å². The van der Waals surface area contributed by atoms with Crippen molar-refractivity contribution < 1.29 is 23.1 Å². The number of hydrogen-bond acceptors (Lipinski definition) is 6. The molecule has 0 radical (unpaired) electrons. The van der Waals surface area contributed by atoms with Gasteiger partial charge in [-0.2, -0.15) is 0 Å². The van der Waals surface area contributed by atoms with Crippen LogP contribution in [-0.2, 0) is 10.0 Å². The number of ketones is 1. The lowest BCUT2D eigenvalue weighted by Gasteiger charge is -2.14. The number of benzene rings is 2. The molecule has 3 rings (SSSR count). The largest absolute Gasteiger partial charge is 0.492 e. The van der Waals surface area contributed by atoms with Crippen LogP contribution in [0.1, 0.15) is 34.6 Å². The lowest BCUT2D eigenvalue weighted by Crippen LogP contribution is -2.26. The number of aliphatic hydroxyl groups is 1. The van der Waals surface area contributed by atoms with Gasteiger partial charge in [-0.15, -0.1) is 0 Å². The second kappa shape index (κ2) is 9.51. The van der Waals surface area contributed by atoms with Crippen LogP contribution in [0.2, 0.25) is 0 Å². The predicted molar refractivity (Wildman–Crippen MR) is 121 cm³/mol. The van der Waals surface area contributed by atoms with Gasteiger partial charge in [-0.25, -0.2) is 8.42 Å². The zero-order chi connectivity index (χ0) is 22.6. The lowest BCUT2D eigenvalue weighted by atomic mass is 10.1. The van der Waals surface area contributed by atoms with Gasteiger partial charge in [0.1, 0.15) is 12.4 Å². The van der Waals surface area contributed by atoms with Gasteiger partial charge >= 0.3 is 0 Å². The molecule has 2 aromatic carbocycles. The highest BCUT2D eigenvalue weighted by molar-refractivity contribution is 7.92. The quantitative estimate of drug-likeness (QED) is 0.281. The van der Waals surface area contributed by atoms with Crippen molar-refractivity contribution in [3.63, 3.8) is 0 Å². The number of carbonyl (C=O) groups is 1. The standard InChI is InChI=1S/C22H27N3O5S/c1-14-22(15(2)26)19-8-7-18(12-20(19)24-14)30-10-9-23-13-21(27)16-5-4-6-17(11-16)25-31(3,28)29/h4-8,11-12,21,23-25,27H,9-10,13H2,1-3H3/t21-/m0/s1. The van der Waals surface area contributed by atoms with Gasteiger partial charge in [-0.3, -0.25) is 9.52 Å². The third-order valence-electron chi connectivity index (χ3n) is 4.77. The van der Waals surface area contributed by atoms with Crippen molar-refractivity contribution in [1.29, 1.82) is 0 Å². The zero-order valence-corrected chi connectivity index (χ0v) is 18.5. The number of aromatic nitrogens is 1. The minimum absolute atomic E-state index is 0.0258. The monoisotopic (exact) mass is 445 g/mol. The van der Waals surface area contributed by atoms with Crippen molar-refractivity contribution in [2.45, 2.75) is 20.0 Å². The molecule has 0 saturated carbocycles. The second-order valence-corrected chi connectivity index (χ2v) is 9.21. The summed E-state index contributed by atoms with van der Waals surface area (Å²) in [6.07, 6.45) is 0.291. The van der Waals surface area contributed by atoms with E-state index in [-0.39, 0.29) is 5.78 Å². The molecule has 0 aliphatic rings. The summed E-state index contributed by atoms with van der Waals surface area (Å²) in [5.74, 6) is 0.712. The number of H-pyrrole nitrogens is 1. The molecule has 0 bridgehead atoms. The molecule has 0 amide bonds. The summed E-state index contributed by atoms with van der Waals surface area (Å²) in [4.78, 5) is 15.0. The maximum absolute atomic E-state index is 11.8. The summed E-state index contributed by atoms with van der Waals surface area (Å²) in [7, 11) is -3.37. The zero-order valence-electron chi connectivity index (χ0n) is 17.7. The molecule has 0 fully saturated rings. The number of sulfonamides is 1. The van der Waals surface area contributed by atoms with Crippen LogP contribution in [0.15, 0.2) is 42.5 Å². The molecule has 8 nitrogen and oxygen atoms in total. The van der Waals surface area contributed by atoms with Gasteiger partial charge in [-0.05, 0) is 43.7 Å². The van der Waals surface area contributed by atoms with E-state index in [1.165, 1.54) is 0 Å². The molecule has 0 saturated heterocycles. The van der Waals surface area contributed by atoms with E-state index in [0.717, 1.165) is 22.9 Å². The van der Waals surface area contributed by atoms with Gasteiger partial charge in [0, 0.05) is 41.5 Å². The first-order chi connectivity index (χ1) is 14.6. The van der Waals surface area contributed by atoms with Crippen molar-refractivity contribution in [2.75, 3.05) is 30.7 Å². The molecular weight excluding hydrogens is 418 g/mol. The molecule has 1 heterocycles. The SMILES string of the molecule is CC(=O)c1c(C)[nH]c2cc(OCCNC[C@H](O)c3cccc(NS(C)(=O)=O)c3)ccc12. The Balaban J connectivity index is 1.49. The molecular formula is C22H27N3O5S. The number of anilines is 1. The van der Waals surface area contributed by atoms with Crippen LogP contribution >= 0.6 is 0 Å². The summed E-state index contributed by atoms with van der Waals surface area (Å²) in [5, 5.41) is 14.3. The number of aryl methyl sites for hydroxylation is 1. The average molecular weight is 446 g/mol. The Labute approximate surface area is 181 Å². The van der Waals surface area contributed by atoms with Crippen molar-refractivity contribution in [2.24, 2.45) is 0 Å². The van der Waals surface area contributed by atoms with Crippen LogP contribution in [0.5, 0.6) is 5.75 Å². The van der Waals surface area contributed by atoms with E-state index in [2.05, 4.69) is 15.0 Å². The molecule has 31 heavy (non-hydrogen) atoms. The van der Waals surface area contributed by atoms with Gasteiger partial charge in [0.05, 0.1) is 17.9 Å². The van der Waals surface area contributed by atoms with E-state index >= 15 is 0 Å². The number of hydrogen-bond donors (Lipinski definition) is 4. The van der Waals surface area contributed by atoms with Crippen molar-refractivity contribution in [1.82, 2.24) is 10.3 Å². The van der Waals surface area contributed by atoms with Gasteiger partial charge in [0.15, 0.2) is 5.78 Å². The van der Waals surface area contributed by atoms with Crippen molar-refractivity contribution >= 4 is 32.4 Å². The third kappa shape index (κ3) is 6.06. The highest BCUT2D eigenvalue weighted by Gasteiger charge is 2.13. The molecule has 1 aromatic heterocycles. The Morgan fingerprint density at radius 2 is 2.00 bits per heavy atom. The van der Waals surface area contributed by atoms with E-state index < -0.39 is 16.1 Å². The first kappa shape index (κ1) is 22.8. The van der Waals surface area contributed by atoms with Gasteiger partial charge in [0.2, 0.25) is 10.0 Å². The Morgan fingerprint density at radius 3 is 2.71 bits per heavy atom. The summed E-state index contributed by atoms with van der Waals surface area (Å²) < 4.78 is 30.8. The van der Waals surface area contributed by atoms with E-state index in [1.807, 2.05) is 25.1 Å². The second-order valence-electron chi connectivity index (χ2n) is 7.46. The van der Waals surface area contributed by atoms with E-state index in [9.17, 15) is 18.3 Å². The predicted octanol–water partition coefficient (Wildman–Crippen LogP) is 2.75. The van der Waals surface area contributed by atoms with Crippen LogP contribution in [0.4, 0.5) is 5.69 Å². The van der Waals surface area contributed by atoms with Gasteiger partial charge in [-0.1, -0.05) is 12.1 Å². The fourth-order valence-corrected chi connectivity index (χ4v) is 4.03. The number of rotatable bonds is 10. The smallest absolute Gasteiger partial charge is 0.229 e. The molecule has 0 unspecified atom stereocenters. The van der Waals surface area contributed by atoms with E-state index in [0.29, 0.717) is 42.3 Å². The maximum atomic E-state index is 11.8. The van der Waals surface area contributed by atoms with Crippen molar-refractivity contribution in [3.8, 4) is 5.75 Å². The molecule has 4 N–H and O–H groups in total. The molecule has 0 aliphatic heterocycles. The van der Waals surface area contributed by atoms with Crippen LogP contribution in [0.3, 0.4) is 0 Å². The number of Topliss-reactive ketones (excluding diaryl/α,β-unsaturated/α-hetero) is 1. The molecule has 1 atom stereocenters. The van der Waals surface area contributed by atoms with Crippen LogP contribution in [0.25, 0.3) is 10.9 Å². The number of aliphatic hydroxyl groups excluding tert-OH is 1. The average Bonchev–Trinajstić information content (AvgIpc) is 3.01. The van der Waals surface area contributed by atoms with Crippen LogP contribution in [0, 0.1) is 6.92 Å². The van der Waals surface area contributed by atoms with Crippen LogP contribution in [-0.4, -0.2) is 50.2 Å². The minimum Gasteiger partial charge on any atom is -0.492 e. The van der Waals surface area contributed by atoms with Crippen LogP contribution < -0.4 is 14.8 Å². The fourth-order valence-electron chi connectivity index (χ4n) is 3.48. The first-order valence-electron chi connectivity index (χ1n) is 9.86. The Hall–Kier alpha value is -2.88. The molecule has 0 aliphatic carbocycles. The molecule has 166 valence electrons. The number of ether oxygens (including phenoxy) is 1. The van der Waals surface area contributed by atoms with Gasteiger partial charge < -0.3 is 20.1 Å². The normalized spacial score (nSPS) is 12.6. The summed E-state index contributed by atoms with van der Waals surface area (Å²) in [6.45, 7) is 4.63.